The summed E-state index contributed by atoms with van der Waals surface area (Å²) in [7, 11) is 0. The summed E-state index contributed by atoms with van der Waals surface area (Å²) in [6, 6.07) is 0. The van der Waals surface area contributed by atoms with E-state index < -0.39 is 0 Å². The number of aliphatic hydroxyl groups is 1. The number of hydrogen-bond acceptors (Lipinski definition) is 1. The van der Waals surface area contributed by atoms with E-state index in [1.807, 2.05) is 6.92 Å². The molecule has 2 aliphatic carbocycles. The predicted octanol–water partition coefficient (Wildman–Crippen LogP) is 4.64. The molecule has 6 unspecified atom stereocenters. The molecule has 2 rings (SSSR count). The van der Waals surface area contributed by atoms with Gasteiger partial charge in [0.1, 0.15) is 0 Å². The highest BCUT2D eigenvalue weighted by atomic mass is 16.3. The fourth-order valence-electron chi connectivity index (χ4n) is 4.99. The lowest BCUT2D eigenvalue weighted by molar-refractivity contribution is 0.0110. The van der Waals surface area contributed by atoms with Gasteiger partial charge in [0.15, 0.2) is 0 Å². The van der Waals surface area contributed by atoms with E-state index in [1.54, 1.807) is 0 Å². The molecule has 2 fully saturated rings. The van der Waals surface area contributed by atoms with E-state index in [0.717, 1.165) is 30.1 Å². The van der Waals surface area contributed by atoms with Crippen molar-refractivity contribution in [3.8, 4) is 0 Å². The first-order valence-electron chi connectivity index (χ1n) is 8.13. The van der Waals surface area contributed by atoms with Gasteiger partial charge >= 0.3 is 0 Å². The Bertz CT molecular complexity index is 273. The molecule has 0 aromatic heterocycles. The lowest BCUT2D eigenvalue weighted by Gasteiger charge is -2.47. The van der Waals surface area contributed by atoms with Crippen molar-refractivity contribution in [3.05, 3.63) is 0 Å². The quantitative estimate of drug-likeness (QED) is 0.759. The molecular formula is C17H32O. The zero-order chi connectivity index (χ0) is 13.3. The van der Waals surface area contributed by atoms with Crippen LogP contribution in [0.1, 0.15) is 72.6 Å². The molecule has 1 heteroatoms. The maximum absolute atomic E-state index is 9.81. The molecule has 106 valence electrons. The van der Waals surface area contributed by atoms with Gasteiger partial charge in [-0.2, -0.15) is 0 Å². The maximum Gasteiger partial charge on any atom is 0.0515 e. The molecule has 18 heavy (non-hydrogen) atoms. The Morgan fingerprint density at radius 2 is 1.89 bits per heavy atom. The zero-order valence-corrected chi connectivity index (χ0v) is 12.8. The van der Waals surface area contributed by atoms with Gasteiger partial charge in [0.2, 0.25) is 0 Å². The van der Waals surface area contributed by atoms with Crippen molar-refractivity contribution in [2.24, 2.45) is 29.1 Å². The molecule has 2 saturated carbocycles. The molecule has 0 amide bonds. The molecule has 0 aliphatic heterocycles. The minimum Gasteiger partial charge on any atom is -0.393 e. The normalized spacial score (nSPS) is 47.2. The molecule has 0 radical (unpaired) electrons. The monoisotopic (exact) mass is 252 g/mol. The largest absolute Gasteiger partial charge is 0.393 e. The standard InChI is InChI=1S/C17H32O/c1-12-8-9-15-7-5-6-10-17(15,4)14(3)16(12)11-13(2)18/h12-16,18H,5-11H2,1-4H3. The highest BCUT2D eigenvalue weighted by molar-refractivity contribution is 4.96. The number of rotatable bonds is 2. The van der Waals surface area contributed by atoms with Crippen LogP contribution in [0.25, 0.3) is 0 Å². The number of fused-ring (bicyclic) bond motifs is 1. The molecule has 1 nitrogen and oxygen atoms in total. The summed E-state index contributed by atoms with van der Waals surface area (Å²) < 4.78 is 0. The van der Waals surface area contributed by atoms with E-state index in [2.05, 4.69) is 20.8 Å². The topological polar surface area (TPSA) is 20.2 Å². The van der Waals surface area contributed by atoms with Gasteiger partial charge in [-0.05, 0) is 61.7 Å². The molecule has 1 N–H and O–H groups in total. The van der Waals surface area contributed by atoms with Gasteiger partial charge in [-0.15, -0.1) is 0 Å². The molecule has 0 bridgehead atoms. The van der Waals surface area contributed by atoms with Crippen LogP contribution in [0.5, 0.6) is 0 Å². The Morgan fingerprint density at radius 1 is 1.17 bits per heavy atom. The van der Waals surface area contributed by atoms with Crippen LogP contribution in [0.3, 0.4) is 0 Å². The second-order valence-corrected chi connectivity index (χ2v) is 7.54. The Hall–Kier alpha value is -0.0400. The van der Waals surface area contributed by atoms with Crippen LogP contribution in [0.15, 0.2) is 0 Å². The molecule has 6 atom stereocenters. The minimum absolute atomic E-state index is 0.136. The van der Waals surface area contributed by atoms with Crippen molar-refractivity contribution in [2.75, 3.05) is 0 Å². The third kappa shape index (κ3) is 2.61. The van der Waals surface area contributed by atoms with Crippen LogP contribution in [0.4, 0.5) is 0 Å². The van der Waals surface area contributed by atoms with Crippen LogP contribution in [0, 0.1) is 29.1 Å². The van der Waals surface area contributed by atoms with E-state index in [9.17, 15) is 5.11 Å². The summed E-state index contributed by atoms with van der Waals surface area (Å²) in [6.07, 6.45) is 9.42. The Labute approximate surface area is 113 Å². The summed E-state index contributed by atoms with van der Waals surface area (Å²) in [5.74, 6) is 3.23. The molecule has 0 spiro atoms. The van der Waals surface area contributed by atoms with Crippen molar-refractivity contribution in [1.82, 2.24) is 0 Å². The zero-order valence-electron chi connectivity index (χ0n) is 12.8. The van der Waals surface area contributed by atoms with E-state index in [1.165, 1.54) is 38.5 Å². The van der Waals surface area contributed by atoms with Gasteiger partial charge in [0, 0.05) is 0 Å². The average molecular weight is 252 g/mol. The maximum atomic E-state index is 9.81. The van der Waals surface area contributed by atoms with E-state index in [4.69, 9.17) is 0 Å². The van der Waals surface area contributed by atoms with Crippen LogP contribution >= 0.6 is 0 Å². The number of aliphatic hydroxyl groups excluding tert-OH is 1. The van der Waals surface area contributed by atoms with Gasteiger partial charge in [-0.1, -0.05) is 40.0 Å². The SMILES string of the molecule is CC(O)CC1C(C)CCC2CCCCC2(C)C1C. The van der Waals surface area contributed by atoms with Gasteiger partial charge in [-0.25, -0.2) is 0 Å². The Morgan fingerprint density at radius 3 is 2.56 bits per heavy atom. The molecule has 2 aliphatic rings. The highest BCUT2D eigenvalue weighted by Crippen LogP contribution is 2.55. The summed E-state index contributed by atoms with van der Waals surface area (Å²) in [4.78, 5) is 0. The predicted molar refractivity (Wildman–Crippen MR) is 77.4 cm³/mol. The lowest BCUT2D eigenvalue weighted by atomic mass is 9.58. The van der Waals surface area contributed by atoms with Gasteiger partial charge < -0.3 is 5.11 Å². The lowest BCUT2D eigenvalue weighted by Crippen LogP contribution is -2.39. The summed E-state index contributed by atoms with van der Waals surface area (Å²) >= 11 is 0. The first kappa shape index (κ1) is 14.4. The van der Waals surface area contributed by atoms with Gasteiger partial charge in [-0.3, -0.25) is 0 Å². The minimum atomic E-state index is -0.136. The molecule has 0 saturated heterocycles. The van der Waals surface area contributed by atoms with Crippen LogP contribution in [0.2, 0.25) is 0 Å². The van der Waals surface area contributed by atoms with E-state index in [-0.39, 0.29) is 6.10 Å². The molecule has 0 aromatic rings. The van der Waals surface area contributed by atoms with E-state index in [0.29, 0.717) is 5.41 Å². The summed E-state index contributed by atoms with van der Waals surface area (Å²) in [5, 5.41) is 9.81. The van der Waals surface area contributed by atoms with Gasteiger partial charge in [0.25, 0.3) is 0 Å². The third-order valence-corrected chi connectivity index (χ3v) is 6.45. The van der Waals surface area contributed by atoms with Crippen LogP contribution in [-0.2, 0) is 0 Å². The second kappa shape index (κ2) is 5.53. The fraction of sp³-hybridized carbons (Fsp3) is 1.00. The molecule has 0 heterocycles. The number of hydrogen-bond donors (Lipinski definition) is 1. The van der Waals surface area contributed by atoms with Crippen molar-refractivity contribution in [1.29, 1.82) is 0 Å². The van der Waals surface area contributed by atoms with Crippen molar-refractivity contribution in [2.45, 2.75) is 78.7 Å². The van der Waals surface area contributed by atoms with Crippen LogP contribution in [-0.4, -0.2) is 11.2 Å². The second-order valence-electron chi connectivity index (χ2n) is 7.54. The van der Waals surface area contributed by atoms with Crippen LogP contribution < -0.4 is 0 Å². The van der Waals surface area contributed by atoms with Crippen molar-refractivity contribution >= 4 is 0 Å². The summed E-state index contributed by atoms with van der Waals surface area (Å²) in [5.41, 5.74) is 0.544. The van der Waals surface area contributed by atoms with Crippen molar-refractivity contribution < 1.29 is 5.11 Å². The highest BCUT2D eigenvalue weighted by Gasteiger charge is 2.46. The smallest absolute Gasteiger partial charge is 0.0515 e. The van der Waals surface area contributed by atoms with Crippen molar-refractivity contribution in [3.63, 3.8) is 0 Å². The van der Waals surface area contributed by atoms with E-state index >= 15 is 0 Å². The Balaban J connectivity index is 2.21. The van der Waals surface area contributed by atoms with Gasteiger partial charge in [0.05, 0.1) is 6.10 Å². The first-order valence-corrected chi connectivity index (χ1v) is 8.13. The molecular weight excluding hydrogens is 220 g/mol. The third-order valence-electron chi connectivity index (χ3n) is 6.45. The summed E-state index contributed by atoms with van der Waals surface area (Å²) in [6.45, 7) is 9.41. The average Bonchev–Trinajstić information content (AvgIpc) is 2.40. The first-order chi connectivity index (χ1) is 8.45. The fourth-order valence-corrected chi connectivity index (χ4v) is 4.99. The Kier molecular flexibility index (Phi) is 4.41. The molecule has 0 aromatic carbocycles.